The quantitative estimate of drug-likeness (QED) is 0.385. The van der Waals surface area contributed by atoms with Gasteiger partial charge in [-0.3, -0.25) is 0 Å². The number of carbonyl (C=O) groups is 1. The molecule has 0 saturated carbocycles. The molecule has 0 aliphatic rings. The van der Waals surface area contributed by atoms with Crippen LogP contribution in [0.25, 0.3) is 11.3 Å². The fourth-order valence-corrected chi connectivity index (χ4v) is 2.94. The fourth-order valence-electron chi connectivity index (χ4n) is 2.94. The summed E-state index contributed by atoms with van der Waals surface area (Å²) < 4.78 is 4.95. The van der Waals surface area contributed by atoms with Gasteiger partial charge in [0.15, 0.2) is 0 Å². The molecule has 8 heteroatoms. The Labute approximate surface area is 175 Å². The third kappa shape index (κ3) is 5.22. The Bertz CT molecular complexity index is 1020. The number of aromatic nitrogens is 3. The Hall–Kier alpha value is -3.68. The van der Waals surface area contributed by atoms with E-state index in [9.17, 15) is 4.79 Å². The largest absolute Gasteiger partial charge is 0.462 e. The number of anilines is 3. The predicted molar refractivity (Wildman–Crippen MR) is 119 cm³/mol. The average molecular weight is 406 g/mol. The first-order chi connectivity index (χ1) is 14.5. The lowest BCUT2D eigenvalue weighted by Gasteiger charge is -2.12. The van der Waals surface area contributed by atoms with Crippen molar-refractivity contribution in [2.75, 3.05) is 36.1 Å². The van der Waals surface area contributed by atoms with E-state index < -0.39 is 0 Å². The molecule has 1 aromatic carbocycles. The molecule has 0 unspecified atom stereocenters. The molecule has 0 saturated heterocycles. The van der Waals surface area contributed by atoms with Crippen molar-refractivity contribution in [1.82, 2.24) is 15.0 Å². The van der Waals surface area contributed by atoms with Crippen molar-refractivity contribution < 1.29 is 9.53 Å². The smallest absolute Gasteiger partial charge is 0.339 e. The molecule has 0 fully saturated rings. The van der Waals surface area contributed by atoms with Gasteiger partial charge in [0.2, 0.25) is 5.95 Å². The van der Waals surface area contributed by atoms with E-state index in [0.29, 0.717) is 36.9 Å². The number of nitrogens with one attached hydrogen (secondary N) is 2. The van der Waals surface area contributed by atoms with Crippen molar-refractivity contribution in [2.45, 2.75) is 20.8 Å². The van der Waals surface area contributed by atoms with Gasteiger partial charge in [-0.1, -0.05) is 18.2 Å². The van der Waals surface area contributed by atoms with Crippen molar-refractivity contribution in [1.29, 1.82) is 0 Å². The van der Waals surface area contributed by atoms with Gasteiger partial charge in [-0.2, -0.15) is 4.98 Å². The number of hydrogen-bond acceptors (Lipinski definition) is 8. The van der Waals surface area contributed by atoms with Crippen LogP contribution in [0.5, 0.6) is 0 Å². The number of carbonyl (C=O) groups excluding carboxylic acids is 1. The molecule has 3 aromatic rings. The van der Waals surface area contributed by atoms with Crippen molar-refractivity contribution in [3.63, 3.8) is 0 Å². The zero-order valence-corrected chi connectivity index (χ0v) is 17.4. The van der Waals surface area contributed by atoms with Crippen molar-refractivity contribution >= 4 is 23.6 Å². The normalized spacial score (nSPS) is 10.5. The number of hydrogen-bond donors (Lipinski definition) is 3. The van der Waals surface area contributed by atoms with Crippen LogP contribution in [-0.2, 0) is 4.74 Å². The van der Waals surface area contributed by atoms with E-state index in [0.717, 1.165) is 11.3 Å². The first kappa shape index (κ1) is 21.0. The van der Waals surface area contributed by atoms with Gasteiger partial charge in [0, 0.05) is 30.9 Å². The van der Waals surface area contributed by atoms with Gasteiger partial charge in [-0.05, 0) is 44.0 Å². The molecule has 0 spiro atoms. The van der Waals surface area contributed by atoms with Gasteiger partial charge in [0.1, 0.15) is 11.6 Å². The van der Waals surface area contributed by atoms with Crippen molar-refractivity contribution in [3.05, 3.63) is 59.3 Å². The lowest BCUT2D eigenvalue weighted by Crippen LogP contribution is -2.16. The number of esters is 1. The molecule has 30 heavy (non-hydrogen) atoms. The number of pyridine rings is 1. The van der Waals surface area contributed by atoms with E-state index >= 15 is 0 Å². The standard InChI is InChI=1S/C22H26N6O2/c1-4-30-21(29)16-8-9-19(26-13-16)24-10-11-25-20-12-18(27-22(23)28-20)17-7-5-6-14(2)15(17)3/h5-9,12-13H,4,10-11H2,1-3H3,(H,24,26)(H3,23,25,27,28). The summed E-state index contributed by atoms with van der Waals surface area (Å²) in [5, 5.41) is 6.44. The highest BCUT2D eigenvalue weighted by Crippen LogP contribution is 2.25. The molecule has 156 valence electrons. The van der Waals surface area contributed by atoms with E-state index in [1.165, 1.54) is 17.3 Å². The molecular weight excluding hydrogens is 380 g/mol. The monoisotopic (exact) mass is 406 g/mol. The summed E-state index contributed by atoms with van der Waals surface area (Å²) >= 11 is 0. The Morgan fingerprint density at radius 2 is 1.83 bits per heavy atom. The highest BCUT2D eigenvalue weighted by atomic mass is 16.5. The van der Waals surface area contributed by atoms with Crippen LogP contribution in [0.2, 0.25) is 0 Å². The number of nitrogen functional groups attached to an aromatic ring is 1. The number of rotatable bonds is 8. The van der Waals surface area contributed by atoms with Gasteiger partial charge in [-0.15, -0.1) is 0 Å². The number of nitrogens with zero attached hydrogens (tertiary/aromatic N) is 3. The van der Waals surface area contributed by atoms with E-state index in [-0.39, 0.29) is 11.9 Å². The summed E-state index contributed by atoms with van der Waals surface area (Å²) in [4.78, 5) is 24.5. The zero-order chi connectivity index (χ0) is 21.5. The SMILES string of the molecule is CCOC(=O)c1ccc(NCCNc2cc(-c3cccc(C)c3C)nc(N)n2)nc1. The summed E-state index contributed by atoms with van der Waals surface area (Å²) in [6.45, 7) is 7.45. The van der Waals surface area contributed by atoms with Gasteiger partial charge in [-0.25, -0.2) is 14.8 Å². The molecule has 0 bridgehead atoms. The predicted octanol–water partition coefficient (Wildman–Crippen LogP) is 3.44. The Morgan fingerprint density at radius 1 is 1.07 bits per heavy atom. The van der Waals surface area contributed by atoms with Crippen LogP contribution in [0, 0.1) is 13.8 Å². The summed E-state index contributed by atoms with van der Waals surface area (Å²) in [6.07, 6.45) is 1.50. The molecule has 2 aromatic heterocycles. The molecule has 0 aliphatic heterocycles. The topological polar surface area (TPSA) is 115 Å². The van der Waals surface area contributed by atoms with Crippen LogP contribution >= 0.6 is 0 Å². The number of benzene rings is 1. The zero-order valence-electron chi connectivity index (χ0n) is 17.4. The molecular formula is C22H26N6O2. The van der Waals surface area contributed by atoms with Gasteiger partial charge < -0.3 is 21.1 Å². The molecule has 3 rings (SSSR count). The summed E-state index contributed by atoms with van der Waals surface area (Å²) in [5.74, 6) is 1.17. The molecule has 0 amide bonds. The Morgan fingerprint density at radius 3 is 2.53 bits per heavy atom. The lowest BCUT2D eigenvalue weighted by molar-refractivity contribution is 0.0526. The van der Waals surface area contributed by atoms with E-state index in [4.69, 9.17) is 10.5 Å². The second-order valence-corrected chi connectivity index (χ2v) is 6.75. The number of nitrogens with two attached hydrogens (primary N) is 1. The van der Waals surface area contributed by atoms with Gasteiger partial charge in [0.05, 0.1) is 17.9 Å². The van der Waals surface area contributed by atoms with Gasteiger partial charge >= 0.3 is 5.97 Å². The van der Waals surface area contributed by atoms with E-state index in [1.807, 2.05) is 18.2 Å². The van der Waals surface area contributed by atoms with Crippen LogP contribution in [0.1, 0.15) is 28.4 Å². The maximum Gasteiger partial charge on any atom is 0.339 e. The van der Waals surface area contributed by atoms with Crippen LogP contribution < -0.4 is 16.4 Å². The summed E-state index contributed by atoms with van der Waals surface area (Å²) in [7, 11) is 0. The highest BCUT2D eigenvalue weighted by Gasteiger charge is 2.09. The maximum atomic E-state index is 11.7. The molecule has 8 nitrogen and oxygen atoms in total. The maximum absolute atomic E-state index is 11.7. The second kappa shape index (κ2) is 9.69. The summed E-state index contributed by atoms with van der Waals surface area (Å²) in [6, 6.07) is 11.4. The van der Waals surface area contributed by atoms with Crippen LogP contribution in [0.15, 0.2) is 42.6 Å². The minimum Gasteiger partial charge on any atom is -0.462 e. The molecule has 4 N–H and O–H groups in total. The van der Waals surface area contributed by atoms with Crippen LogP contribution in [0.4, 0.5) is 17.6 Å². The molecule has 0 atom stereocenters. The Kier molecular flexibility index (Phi) is 6.79. The fraction of sp³-hybridized carbons (Fsp3) is 0.273. The highest BCUT2D eigenvalue weighted by molar-refractivity contribution is 5.89. The van der Waals surface area contributed by atoms with Crippen molar-refractivity contribution in [3.8, 4) is 11.3 Å². The number of aryl methyl sites for hydroxylation is 1. The first-order valence-electron chi connectivity index (χ1n) is 9.80. The van der Waals surface area contributed by atoms with E-state index in [1.54, 1.807) is 19.1 Å². The van der Waals surface area contributed by atoms with E-state index in [2.05, 4.69) is 45.5 Å². The lowest BCUT2D eigenvalue weighted by atomic mass is 10.0. The molecule has 0 radical (unpaired) electrons. The summed E-state index contributed by atoms with van der Waals surface area (Å²) in [5.41, 5.74) is 10.5. The number of ether oxygens (including phenoxy) is 1. The van der Waals surface area contributed by atoms with Crippen LogP contribution in [-0.4, -0.2) is 40.6 Å². The Balaban J connectivity index is 1.58. The third-order valence-electron chi connectivity index (χ3n) is 4.64. The van der Waals surface area contributed by atoms with Crippen LogP contribution in [0.3, 0.4) is 0 Å². The molecule has 0 aliphatic carbocycles. The minimum atomic E-state index is -0.376. The van der Waals surface area contributed by atoms with Gasteiger partial charge in [0.25, 0.3) is 0 Å². The average Bonchev–Trinajstić information content (AvgIpc) is 2.73. The second-order valence-electron chi connectivity index (χ2n) is 6.75. The third-order valence-corrected chi connectivity index (χ3v) is 4.64. The molecule has 2 heterocycles. The minimum absolute atomic E-state index is 0.222. The van der Waals surface area contributed by atoms with Crippen molar-refractivity contribution in [2.24, 2.45) is 0 Å². The first-order valence-corrected chi connectivity index (χ1v) is 9.80.